The molecule has 0 saturated carbocycles. The van der Waals surface area contributed by atoms with Gasteiger partial charge >= 0.3 is 0 Å². The third-order valence-corrected chi connectivity index (χ3v) is 2.00. The Morgan fingerprint density at radius 1 is 1.60 bits per heavy atom. The van der Waals surface area contributed by atoms with Crippen molar-refractivity contribution in [3.63, 3.8) is 0 Å². The zero-order chi connectivity index (χ0) is 11.4. The second kappa shape index (κ2) is 4.61. The fraction of sp³-hybridized carbons (Fsp3) is 0.125. The van der Waals surface area contributed by atoms with Gasteiger partial charge in [0.2, 0.25) is 0 Å². The summed E-state index contributed by atoms with van der Waals surface area (Å²) in [5, 5.41) is 13.4. The Morgan fingerprint density at radius 2 is 2.27 bits per heavy atom. The molecule has 0 aliphatic heterocycles. The van der Waals surface area contributed by atoms with E-state index >= 15 is 0 Å². The number of nitro benzene ring substituents is 1. The zero-order valence-corrected chi connectivity index (χ0v) is 8.32. The van der Waals surface area contributed by atoms with Crippen molar-refractivity contribution < 1.29 is 9.72 Å². The topological polar surface area (TPSA) is 98.3 Å². The van der Waals surface area contributed by atoms with Gasteiger partial charge in [-0.05, 0) is 6.07 Å². The molecule has 3 N–H and O–H groups in total. The van der Waals surface area contributed by atoms with Gasteiger partial charge in [0.05, 0.1) is 22.2 Å². The van der Waals surface area contributed by atoms with E-state index in [0.29, 0.717) is 12.0 Å². The van der Waals surface area contributed by atoms with Crippen LogP contribution in [-0.4, -0.2) is 17.8 Å². The lowest BCUT2D eigenvalue weighted by Crippen LogP contribution is -2.04. The molecule has 0 amide bonds. The Hall–Kier alpha value is -1.82. The zero-order valence-electron chi connectivity index (χ0n) is 7.57. The van der Waals surface area contributed by atoms with Crippen LogP contribution in [0.2, 0.25) is 5.02 Å². The first kappa shape index (κ1) is 11.3. The number of nitrogens with zero attached hydrogens (tertiary/aromatic N) is 1. The van der Waals surface area contributed by atoms with E-state index in [0.717, 1.165) is 0 Å². The summed E-state index contributed by atoms with van der Waals surface area (Å²) >= 11 is 5.76. The summed E-state index contributed by atoms with van der Waals surface area (Å²) in [6, 6.07) is 2.47. The van der Waals surface area contributed by atoms with E-state index in [1.165, 1.54) is 12.1 Å². The van der Waals surface area contributed by atoms with Gasteiger partial charge in [0.25, 0.3) is 5.69 Å². The number of benzene rings is 1. The molecule has 7 heteroatoms. The highest BCUT2D eigenvalue weighted by molar-refractivity contribution is 6.33. The van der Waals surface area contributed by atoms with Gasteiger partial charge in [0.1, 0.15) is 12.0 Å². The molecule has 0 aliphatic rings. The molecular formula is C8H8ClN3O3. The highest BCUT2D eigenvalue weighted by Gasteiger charge is 2.14. The second-order valence-electron chi connectivity index (χ2n) is 2.70. The molecule has 15 heavy (non-hydrogen) atoms. The Bertz CT molecular complexity index is 408. The number of anilines is 2. The van der Waals surface area contributed by atoms with Crippen LogP contribution in [0.15, 0.2) is 12.1 Å². The first-order valence-electron chi connectivity index (χ1n) is 3.97. The average Bonchev–Trinajstić information content (AvgIpc) is 2.16. The summed E-state index contributed by atoms with van der Waals surface area (Å²) in [6.45, 7) is 0.0286. The van der Waals surface area contributed by atoms with E-state index in [1.807, 2.05) is 0 Å². The minimum atomic E-state index is -0.613. The van der Waals surface area contributed by atoms with Crippen molar-refractivity contribution in [2.24, 2.45) is 0 Å². The monoisotopic (exact) mass is 229 g/mol. The SMILES string of the molecule is Nc1cc(Cl)c(NCC=O)cc1[N+](=O)[O-]. The van der Waals surface area contributed by atoms with Crippen LogP contribution in [0.1, 0.15) is 0 Å². The minimum Gasteiger partial charge on any atom is -0.393 e. The first-order valence-corrected chi connectivity index (χ1v) is 4.35. The Morgan fingerprint density at radius 3 is 2.80 bits per heavy atom. The van der Waals surface area contributed by atoms with Gasteiger partial charge in [0.15, 0.2) is 0 Å². The highest BCUT2D eigenvalue weighted by Crippen LogP contribution is 2.32. The third-order valence-electron chi connectivity index (χ3n) is 1.69. The van der Waals surface area contributed by atoms with Crippen LogP contribution in [0.25, 0.3) is 0 Å². The maximum atomic E-state index is 10.5. The van der Waals surface area contributed by atoms with Crippen LogP contribution in [0.4, 0.5) is 17.1 Å². The van der Waals surface area contributed by atoms with Crippen LogP contribution >= 0.6 is 11.6 Å². The maximum absolute atomic E-state index is 10.5. The lowest BCUT2D eigenvalue weighted by Gasteiger charge is -2.06. The minimum absolute atomic E-state index is 0.0124. The van der Waals surface area contributed by atoms with Gasteiger partial charge in [-0.25, -0.2) is 0 Å². The molecule has 0 aliphatic carbocycles. The molecule has 0 radical (unpaired) electrons. The van der Waals surface area contributed by atoms with Crippen molar-refractivity contribution >= 4 is 34.9 Å². The van der Waals surface area contributed by atoms with Crippen LogP contribution < -0.4 is 11.1 Å². The van der Waals surface area contributed by atoms with Crippen LogP contribution in [-0.2, 0) is 4.79 Å². The number of carbonyl (C=O) groups excluding carboxylic acids is 1. The molecule has 80 valence electrons. The van der Waals surface area contributed by atoms with Crippen molar-refractivity contribution in [1.29, 1.82) is 0 Å². The molecule has 1 aromatic carbocycles. The number of hydrogen-bond donors (Lipinski definition) is 2. The van der Waals surface area contributed by atoms with E-state index < -0.39 is 4.92 Å². The standard InChI is InChI=1S/C8H8ClN3O3/c9-5-3-6(10)8(12(14)15)4-7(5)11-1-2-13/h2-4,11H,1,10H2. The van der Waals surface area contributed by atoms with Gasteiger partial charge < -0.3 is 15.8 Å². The number of aldehydes is 1. The number of hydrogen-bond acceptors (Lipinski definition) is 5. The summed E-state index contributed by atoms with van der Waals surface area (Å²) in [5.74, 6) is 0. The lowest BCUT2D eigenvalue weighted by atomic mass is 10.2. The largest absolute Gasteiger partial charge is 0.393 e. The van der Waals surface area contributed by atoms with Gasteiger partial charge in [-0.3, -0.25) is 10.1 Å². The number of nitrogens with two attached hydrogens (primary N) is 1. The summed E-state index contributed by atoms with van der Waals surface area (Å²) in [4.78, 5) is 20.0. The number of halogens is 1. The van der Waals surface area contributed by atoms with Crippen LogP contribution in [0.3, 0.4) is 0 Å². The molecule has 0 fully saturated rings. The van der Waals surface area contributed by atoms with Crippen LogP contribution in [0, 0.1) is 10.1 Å². The third kappa shape index (κ3) is 2.57. The van der Waals surface area contributed by atoms with Crippen molar-refractivity contribution in [1.82, 2.24) is 0 Å². The van der Waals surface area contributed by atoms with Crippen molar-refractivity contribution in [2.45, 2.75) is 0 Å². The molecule has 6 nitrogen and oxygen atoms in total. The summed E-state index contributed by atoms with van der Waals surface area (Å²) in [5.41, 5.74) is 5.45. The number of nitrogens with one attached hydrogen (secondary N) is 1. The van der Waals surface area contributed by atoms with E-state index in [4.69, 9.17) is 17.3 Å². The maximum Gasteiger partial charge on any atom is 0.294 e. The summed E-state index contributed by atoms with van der Waals surface area (Å²) in [6.07, 6.45) is 0.624. The molecule has 0 aromatic heterocycles. The molecular weight excluding hydrogens is 222 g/mol. The Kier molecular flexibility index (Phi) is 3.46. The predicted octanol–water partition coefficient (Wildman–Crippen LogP) is 1.44. The van der Waals surface area contributed by atoms with Gasteiger partial charge in [-0.2, -0.15) is 0 Å². The van der Waals surface area contributed by atoms with Crippen LogP contribution in [0.5, 0.6) is 0 Å². The molecule has 1 aromatic rings. The molecule has 0 saturated heterocycles. The van der Waals surface area contributed by atoms with Crippen molar-refractivity contribution in [2.75, 3.05) is 17.6 Å². The average molecular weight is 230 g/mol. The van der Waals surface area contributed by atoms with Crippen molar-refractivity contribution in [3.05, 3.63) is 27.3 Å². The number of rotatable bonds is 4. The van der Waals surface area contributed by atoms with E-state index in [1.54, 1.807) is 0 Å². The van der Waals surface area contributed by atoms with Gasteiger partial charge in [0, 0.05) is 6.07 Å². The predicted molar refractivity (Wildman–Crippen MR) is 57.1 cm³/mol. The van der Waals surface area contributed by atoms with E-state index in [2.05, 4.69) is 5.32 Å². The first-order chi connectivity index (χ1) is 7.06. The fourth-order valence-corrected chi connectivity index (χ4v) is 1.26. The molecule has 0 atom stereocenters. The Balaban J connectivity index is 3.11. The molecule has 1 rings (SSSR count). The van der Waals surface area contributed by atoms with E-state index in [-0.39, 0.29) is 22.9 Å². The number of nitrogen functional groups attached to an aromatic ring is 1. The fourth-order valence-electron chi connectivity index (χ4n) is 1.02. The highest BCUT2D eigenvalue weighted by atomic mass is 35.5. The van der Waals surface area contributed by atoms with Gasteiger partial charge in [-0.1, -0.05) is 11.6 Å². The summed E-state index contributed by atoms with van der Waals surface area (Å²) in [7, 11) is 0. The van der Waals surface area contributed by atoms with Crippen molar-refractivity contribution in [3.8, 4) is 0 Å². The second-order valence-corrected chi connectivity index (χ2v) is 3.10. The molecule has 0 spiro atoms. The quantitative estimate of drug-likeness (QED) is 0.352. The molecule has 0 bridgehead atoms. The molecule has 0 unspecified atom stereocenters. The smallest absolute Gasteiger partial charge is 0.294 e. The lowest BCUT2D eigenvalue weighted by molar-refractivity contribution is -0.383. The van der Waals surface area contributed by atoms with E-state index in [9.17, 15) is 14.9 Å². The van der Waals surface area contributed by atoms with Gasteiger partial charge in [-0.15, -0.1) is 0 Å². The normalized spacial score (nSPS) is 9.67. The Labute approximate surface area is 90.2 Å². The number of carbonyl (C=O) groups is 1. The summed E-state index contributed by atoms with van der Waals surface area (Å²) < 4.78 is 0. The number of nitro groups is 1. The molecule has 0 heterocycles.